The third-order valence-electron chi connectivity index (χ3n) is 5.69. The highest BCUT2D eigenvalue weighted by molar-refractivity contribution is 6.30. The zero-order chi connectivity index (χ0) is 24.8. The number of benzene rings is 3. The highest BCUT2D eigenvalue weighted by atomic mass is 35.5. The summed E-state index contributed by atoms with van der Waals surface area (Å²) in [6, 6.07) is 18.2. The van der Waals surface area contributed by atoms with E-state index in [1.165, 1.54) is 12.1 Å². The molecule has 0 aliphatic carbocycles. The summed E-state index contributed by atoms with van der Waals surface area (Å²) in [6.45, 7) is 2.06. The maximum Gasteiger partial charge on any atom is 0.410 e. The largest absolute Gasteiger partial charge is 0.482 e. The first-order valence-corrected chi connectivity index (χ1v) is 11.7. The molecule has 3 aromatic carbocycles. The number of esters is 1. The molecule has 182 valence electrons. The van der Waals surface area contributed by atoms with E-state index in [0.717, 1.165) is 16.7 Å². The van der Waals surface area contributed by atoms with Crippen LogP contribution in [0.3, 0.4) is 0 Å². The predicted octanol–water partition coefficient (Wildman–Crippen LogP) is 5.71. The molecular formula is C27H25ClFNO5. The van der Waals surface area contributed by atoms with Gasteiger partial charge in [0.15, 0.2) is 6.61 Å². The molecule has 0 saturated heterocycles. The van der Waals surface area contributed by atoms with Gasteiger partial charge < -0.3 is 14.2 Å². The molecule has 0 saturated carbocycles. The van der Waals surface area contributed by atoms with Crippen LogP contribution in [0.1, 0.15) is 35.2 Å². The second-order valence-electron chi connectivity index (χ2n) is 8.01. The van der Waals surface area contributed by atoms with Crippen molar-refractivity contribution in [3.05, 3.63) is 99.8 Å². The summed E-state index contributed by atoms with van der Waals surface area (Å²) in [4.78, 5) is 26.7. The number of halogens is 2. The Morgan fingerprint density at radius 3 is 2.60 bits per heavy atom. The van der Waals surface area contributed by atoms with Crippen LogP contribution in [0, 0.1) is 5.82 Å². The van der Waals surface area contributed by atoms with Crippen molar-refractivity contribution in [1.29, 1.82) is 0 Å². The van der Waals surface area contributed by atoms with E-state index in [1.54, 1.807) is 36.1 Å². The highest BCUT2D eigenvalue weighted by Crippen LogP contribution is 2.41. The summed E-state index contributed by atoms with van der Waals surface area (Å²) in [5, 5.41) is 0.426. The Labute approximate surface area is 208 Å². The minimum absolute atomic E-state index is 0.112. The molecule has 0 aromatic heterocycles. The van der Waals surface area contributed by atoms with E-state index in [9.17, 15) is 14.0 Å². The Morgan fingerprint density at radius 1 is 1.03 bits per heavy atom. The lowest BCUT2D eigenvalue weighted by molar-refractivity contribution is -0.145. The second kappa shape index (κ2) is 11.2. The molecule has 6 nitrogen and oxygen atoms in total. The molecule has 4 rings (SSSR count). The van der Waals surface area contributed by atoms with E-state index in [-0.39, 0.29) is 25.6 Å². The maximum absolute atomic E-state index is 14.0. The molecule has 1 atom stereocenters. The fourth-order valence-electron chi connectivity index (χ4n) is 4.13. The van der Waals surface area contributed by atoms with Gasteiger partial charge in [-0.3, -0.25) is 4.90 Å². The van der Waals surface area contributed by atoms with Gasteiger partial charge in [0, 0.05) is 17.1 Å². The van der Waals surface area contributed by atoms with Crippen molar-refractivity contribution in [2.24, 2.45) is 0 Å². The molecule has 0 spiro atoms. The van der Waals surface area contributed by atoms with Crippen molar-refractivity contribution < 1.29 is 28.2 Å². The van der Waals surface area contributed by atoms with Gasteiger partial charge in [0.05, 0.1) is 12.6 Å². The topological polar surface area (TPSA) is 65.1 Å². The van der Waals surface area contributed by atoms with Crippen molar-refractivity contribution in [1.82, 2.24) is 4.90 Å². The first-order valence-electron chi connectivity index (χ1n) is 11.3. The number of hydrogen-bond acceptors (Lipinski definition) is 5. The van der Waals surface area contributed by atoms with E-state index in [0.29, 0.717) is 29.3 Å². The number of carbonyl (C=O) groups is 2. The van der Waals surface area contributed by atoms with E-state index >= 15 is 0 Å². The Kier molecular flexibility index (Phi) is 7.87. The fraction of sp³-hybridized carbons (Fsp3) is 0.259. The number of rotatable bonds is 7. The van der Waals surface area contributed by atoms with Gasteiger partial charge in [-0.15, -0.1) is 0 Å². The third kappa shape index (κ3) is 5.92. The van der Waals surface area contributed by atoms with Crippen LogP contribution in [-0.2, 0) is 27.3 Å². The molecule has 1 aliphatic rings. The van der Waals surface area contributed by atoms with Crippen LogP contribution < -0.4 is 4.74 Å². The fourth-order valence-corrected chi connectivity index (χ4v) is 4.31. The van der Waals surface area contributed by atoms with Crippen LogP contribution in [0.2, 0.25) is 5.02 Å². The molecule has 1 heterocycles. The maximum atomic E-state index is 14.0. The van der Waals surface area contributed by atoms with Gasteiger partial charge in [-0.1, -0.05) is 48.0 Å². The van der Waals surface area contributed by atoms with E-state index in [4.69, 9.17) is 25.8 Å². The summed E-state index contributed by atoms with van der Waals surface area (Å²) in [7, 11) is 0. The van der Waals surface area contributed by atoms with E-state index < -0.39 is 18.1 Å². The Balaban J connectivity index is 1.69. The standard InChI is InChI=1S/C27H25ClFNO5/c1-2-33-25(31)17-34-24-11-8-20(28)15-23(24)26-22-10-9-21(29)14-19(22)12-13-30(26)27(32)35-16-18-6-4-3-5-7-18/h3-11,14-15,26H,2,12-13,16-17H2,1H3/t26-/m0/s1. The SMILES string of the molecule is CCOC(=O)COc1ccc(Cl)cc1[C@@H]1c2ccc(F)cc2CCN1C(=O)OCc1ccccc1. The molecule has 0 bridgehead atoms. The van der Waals surface area contributed by atoms with Crippen LogP contribution in [-0.4, -0.2) is 36.7 Å². The number of amides is 1. The number of hydrogen-bond donors (Lipinski definition) is 0. The summed E-state index contributed by atoms with van der Waals surface area (Å²) in [5.74, 6) is -0.503. The van der Waals surface area contributed by atoms with Gasteiger partial charge in [-0.25, -0.2) is 14.0 Å². The monoisotopic (exact) mass is 497 g/mol. The van der Waals surface area contributed by atoms with Crippen LogP contribution in [0.5, 0.6) is 5.75 Å². The molecule has 3 aromatic rings. The zero-order valence-corrected chi connectivity index (χ0v) is 20.0. The van der Waals surface area contributed by atoms with Crippen LogP contribution >= 0.6 is 11.6 Å². The van der Waals surface area contributed by atoms with Crippen molar-refractivity contribution in [3.63, 3.8) is 0 Å². The molecule has 0 unspecified atom stereocenters. The third-order valence-corrected chi connectivity index (χ3v) is 5.93. The van der Waals surface area contributed by atoms with Crippen LogP contribution in [0.4, 0.5) is 9.18 Å². The van der Waals surface area contributed by atoms with Crippen LogP contribution in [0.25, 0.3) is 0 Å². The minimum atomic E-state index is -0.654. The van der Waals surface area contributed by atoms with Gasteiger partial charge in [0.1, 0.15) is 18.2 Å². The van der Waals surface area contributed by atoms with Crippen molar-refractivity contribution >= 4 is 23.7 Å². The van der Waals surface area contributed by atoms with Crippen molar-refractivity contribution in [2.75, 3.05) is 19.8 Å². The average Bonchev–Trinajstić information content (AvgIpc) is 2.86. The zero-order valence-electron chi connectivity index (χ0n) is 19.2. The van der Waals surface area contributed by atoms with Crippen molar-refractivity contribution in [3.8, 4) is 5.75 Å². The van der Waals surface area contributed by atoms with Crippen LogP contribution in [0.15, 0.2) is 66.7 Å². The van der Waals surface area contributed by atoms with Gasteiger partial charge >= 0.3 is 12.1 Å². The lowest BCUT2D eigenvalue weighted by atomic mass is 9.88. The number of carbonyl (C=O) groups excluding carboxylic acids is 2. The Morgan fingerprint density at radius 2 is 1.83 bits per heavy atom. The second-order valence-corrected chi connectivity index (χ2v) is 8.44. The molecule has 0 fully saturated rings. The molecule has 0 N–H and O–H groups in total. The molecule has 1 aliphatic heterocycles. The summed E-state index contributed by atoms with van der Waals surface area (Å²) in [5.41, 5.74) is 2.93. The van der Waals surface area contributed by atoms with E-state index in [1.807, 2.05) is 30.3 Å². The lowest BCUT2D eigenvalue weighted by Gasteiger charge is -2.37. The number of fused-ring (bicyclic) bond motifs is 1. The molecule has 1 amide bonds. The molecule has 35 heavy (non-hydrogen) atoms. The smallest absolute Gasteiger partial charge is 0.410 e. The molecule has 0 radical (unpaired) electrons. The lowest BCUT2D eigenvalue weighted by Crippen LogP contribution is -2.41. The Bertz CT molecular complexity index is 1200. The molecule has 8 heteroatoms. The summed E-state index contributed by atoms with van der Waals surface area (Å²) < 4.78 is 30.4. The Hall–Kier alpha value is -3.58. The first-order chi connectivity index (χ1) is 17.0. The molecular weight excluding hydrogens is 473 g/mol. The van der Waals surface area contributed by atoms with Gasteiger partial charge in [-0.05, 0) is 60.4 Å². The minimum Gasteiger partial charge on any atom is -0.482 e. The number of nitrogens with zero attached hydrogens (tertiary/aromatic N) is 1. The van der Waals surface area contributed by atoms with Gasteiger partial charge in [-0.2, -0.15) is 0 Å². The van der Waals surface area contributed by atoms with Gasteiger partial charge in [0.2, 0.25) is 0 Å². The number of ether oxygens (including phenoxy) is 3. The van der Waals surface area contributed by atoms with E-state index in [2.05, 4.69) is 0 Å². The predicted molar refractivity (Wildman–Crippen MR) is 129 cm³/mol. The average molecular weight is 498 g/mol. The summed E-state index contributed by atoms with van der Waals surface area (Å²) >= 11 is 6.33. The summed E-state index contributed by atoms with van der Waals surface area (Å²) in [6.07, 6.45) is -0.0611. The normalized spacial score (nSPS) is 14.7. The van der Waals surface area contributed by atoms with Gasteiger partial charge in [0.25, 0.3) is 0 Å². The highest BCUT2D eigenvalue weighted by Gasteiger charge is 2.35. The van der Waals surface area contributed by atoms with Crippen molar-refractivity contribution in [2.45, 2.75) is 26.0 Å². The first kappa shape index (κ1) is 24.5. The quantitative estimate of drug-likeness (QED) is 0.391.